The summed E-state index contributed by atoms with van der Waals surface area (Å²) in [6.07, 6.45) is 2.77. The lowest BCUT2D eigenvalue weighted by atomic mass is 9.97. The molecule has 100 valence electrons. The Bertz CT molecular complexity index is 268. The summed E-state index contributed by atoms with van der Waals surface area (Å²) in [6.45, 7) is 7.63. The molecule has 1 aliphatic rings. The highest BCUT2D eigenvalue weighted by atomic mass is 16.5. The van der Waals surface area contributed by atoms with Gasteiger partial charge in [0.25, 0.3) is 0 Å². The monoisotopic (exact) mass is 242 g/mol. The van der Waals surface area contributed by atoms with E-state index in [9.17, 15) is 4.79 Å². The molecule has 1 saturated carbocycles. The molecule has 1 N–H and O–H groups in total. The molecule has 0 aliphatic heterocycles. The Kier molecular flexibility index (Phi) is 4.95. The first-order valence-electron chi connectivity index (χ1n) is 6.53. The van der Waals surface area contributed by atoms with Crippen LogP contribution in [0.15, 0.2) is 0 Å². The first-order chi connectivity index (χ1) is 8.00. The fourth-order valence-corrected chi connectivity index (χ4v) is 3.06. The molecule has 4 heteroatoms. The van der Waals surface area contributed by atoms with Gasteiger partial charge in [0.15, 0.2) is 0 Å². The smallest absolute Gasteiger partial charge is 0.326 e. The summed E-state index contributed by atoms with van der Waals surface area (Å²) in [5.74, 6) is -0.123. The summed E-state index contributed by atoms with van der Waals surface area (Å²) >= 11 is 0. The zero-order valence-corrected chi connectivity index (χ0v) is 11.7. The van der Waals surface area contributed by atoms with E-state index in [-0.39, 0.29) is 5.97 Å². The fraction of sp³-hybridized carbons (Fsp3) is 0.923. The highest BCUT2D eigenvalue weighted by molar-refractivity contribution is 5.81. The van der Waals surface area contributed by atoms with E-state index in [1.54, 1.807) is 0 Å². The molecule has 0 heterocycles. The Morgan fingerprint density at radius 2 is 2.24 bits per heavy atom. The summed E-state index contributed by atoms with van der Waals surface area (Å²) in [5, 5.41) is 3.17. The van der Waals surface area contributed by atoms with E-state index < -0.39 is 5.54 Å². The standard InChI is InChI=1S/C13H26N2O2/c1-6-15(10(2)3)11-7-8-13(9-11,14-4)12(16)17-5/h10-11,14H,6-9H2,1-5H3. The lowest BCUT2D eigenvalue weighted by Gasteiger charge is -2.33. The average Bonchev–Trinajstić information content (AvgIpc) is 2.74. The van der Waals surface area contributed by atoms with Gasteiger partial charge >= 0.3 is 5.97 Å². The summed E-state index contributed by atoms with van der Waals surface area (Å²) in [6, 6.07) is 1.00. The van der Waals surface area contributed by atoms with E-state index >= 15 is 0 Å². The van der Waals surface area contributed by atoms with Crippen LogP contribution in [0.3, 0.4) is 0 Å². The van der Waals surface area contributed by atoms with Gasteiger partial charge in [0, 0.05) is 12.1 Å². The molecule has 0 aromatic carbocycles. The Morgan fingerprint density at radius 1 is 1.59 bits per heavy atom. The van der Waals surface area contributed by atoms with Crippen molar-refractivity contribution >= 4 is 5.97 Å². The molecule has 0 aromatic rings. The molecule has 2 atom stereocenters. The van der Waals surface area contributed by atoms with E-state index in [1.165, 1.54) is 7.11 Å². The number of esters is 1. The van der Waals surface area contributed by atoms with Crippen LogP contribution in [0, 0.1) is 0 Å². The Labute approximate surface area is 105 Å². The Morgan fingerprint density at radius 3 is 2.65 bits per heavy atom. The summed E-state index contributed by atoms with van der Waals surface area (Å²) in [5.41, 5.74) is -0.471. The number of nitrogens with one attached hydrogen (secondary N) is 1. The molecule has 4 nitrogen and oxygen atoms in total. The average molecular weight is 242 g/mol. The fourth-order valence-electron chi connectivity index (χ4n) is 3.06. The van der Waals surface area contributed by atoms with Crippen LogP contribution >= 0.6 is 0 Å². The van der Waals surface area contributed by atoms with Crippen LogP contribution in [0.4, 0.5) is 0 Å². The van der Waals surface area contributed by atoms with Gasteiger partial charge in [0.2, 0.25) is 0 Å². The maximum atomic E-state index is 11.9. The van der Waals surface area contributed by atoms with Crippen LogP contribution in [-0.2, 0) is 9.53 Å². The van der Waals surface area contributed by atoms with E-state index in [4.69, 9.17) is 4.74 Å². The quantitative estimate of drug-likeness (QED) is 0.740. The van der Waals surface area contributed by atoms with Gasteiger partial charge in [0.1, 0.15) is 5.54 Å². The molecule has 0 radical (unpaired) electrons. The van der Waals surface area contributed by atoms with Crippen LogP contribution in [0.5, 0.6) is 0 Å². The van der Waals surface area contributed by atoms with Crippen LogP contribution in [0.2, 0.25) is 0 Å². The molecular weight excluding hydrogens is 216 g/mol. The predicted molar refractivity (Wildman–Crippen MR) is 69.0 cm³/mol. The van der Waals surface area contributed by atoms with E-state index in [0.29, 0.717) is 12.1 Å². The van der Waals surface area contributed by atoms with Gasteiger partial charge in [-0.05, 0) is 46.7 Å². The highest BCUT2D eigenvalue weighted by Crippen LogP contribution is 2.34. The summed E-state index contributed by atoms with van der Waals surface area (Å²) < 4.78 is 4.93. The van der Waals surface area contributed by atoms with Crippen LogP contribution in [0.1, 0.15) is 40.0 Å². The number of carbonyl (C=O) groups excluding carboxylic acids is 1. The van der Waals surface area contributed by atoms with Crippen molar-refractivity contribution < 1.29 is 9.53 Å². The predicted octanol–water partition coefficient (Wildman–Crippen LogP) is 1.40. The Hall–Kier alpha value is -0.610. The third-order valence-corrected chi connectivity index (χ3v) is 4.04. The normalized spacial score (nSPS) is 29.0. The van der Waals surface area contributed by atoms with Crippen molar-refractivity contribution in [2.45, 2.75) is 57.7 Å². The van der Waals surface area contributed by atoms with E-state index in [2.05, 4.69) is 31.0 Å². The number of hydrogen-bond acceptors (Lipinski definition) is 4. The minimum atomic E-state index is -0.471. The van der Waals surface area contributed by atoms with Gasteiger partial charge in [-0.3, -0.25) is 9.69 Å². The molecule has 0 amide bonds. The molecular formula is C13H26N2O2. The molecule has 0 spiro atoms. The number of methoxy groups -OCH3 is 1. The van der Waals surface area contributed by atoms with Crippen molar-refractivity contribution in [3.05, 3.63) is 0 Å². The van der Waals surface area contributed by atoms with Crippen LogP contribution in [0.25, 0.3) is 0 Å². The lowest BCUT2D eigenvalue weighted by molar-refractivity contribution is -0.148. The van der Waals surface area contributed by atoms with Gasteiger partial charge in [-0.25, -0.2) is 0 Å². The largest absolute Gasteiger partial charge is 0.468 e. The molecule has 1 aliphatic carbocycles. The SMILES string of the molecule is CCN(C(C)C)C1CCC(NC)(C(=O)OC)C1. The Balaban J connectivity index is 2.76. The van der Waals surface area contributed by atoms with Gasteiger partial charge in [-0.2, -0.15) is 0 Å². The first-order valence-corrected chi connectivity index (χ1v) is 6.53. The number of ether oxygens (including phenoxy) is 1. The molecule has 0 aromatic heterocycles. The molecule has 0 bridgehead atoms. The topological polar surface area (TPSA) is 41.6 Å². The van der Waals surface area contributed by atoms with Gasteiger partial charge in [-0.1, -0.05) is 6.92 Å². The summed E-state index contributed by atoms with van der Waals surface area (Å²) in [7, 11) is 3.32. The maximum absolute atomic E-state index is 11.9. The van der Waals surface area contributed by atoms with Gasteiger partial charge < -0.3 is 10.1 Å². The molecule has 2 unspecified atom stereocenters. The first kappa shape index (κ1) is 14.5. The van der Waals surface area contributed by atoms with Crippen LogP contribution < -0.4 is 5.32 Å². The highest BCUT2D eigenvalue weighted by Gasteiger charge is 2.46. The second kappa shape index (κ2) is 5.83. The van der Waals surface area contributed by atoms with Gasteiger partial charge in [-0.15, -0.1) is 0 Å². The third kappa shape index (κ3) is 2.80. The van der Waals surface area contributed by atoms with Crippen molar-refractivity contribution in [2.24, 2.45) is 0 Å². The lowest BCUT2D eigenvalue weighted by Crippen LogP contribution is -2.50. The number of likely N-dealkylation sites (N-methyl/N-ethyl adjacent to an activating group) is 1. The van der Waals surface area contributed by atoms with E-state index in [1.807, 2.05) is 7.05 Å². The van der Waals surface area contributed by atoms with E-state index in [0.717, 1.165) is 25.8 Å². The molecule has 0 saturated heterocycles. The van der Waals surface area contributed by atoms with Crippen molar-refractivity contribution in [2.75, 3.05) is 20.7 Å². The molecule has 17 heavy (non-hydrogen) atoms. The van der Waals surface area contributed by atoms with Crippen molar-refractivity contribution in [3.63, 3.8) is 0 Å². The number of nitrogens with zero attached hydrogens (tertiary/aromatic N) is 1. The number of carbonyl (C=O) groups is 1. The van der Waals surface area contributed by atoms with Crippen molar-refractivity contribution in [1.82, 2.24) is 10.2 Å². The molecule has 1 rings (SSSR count). The zero-order valence-electron chi connectivity index (χ0n) is 11.7. The third-order valence-electron chi connectivity index (χ3n) is 4.04. The van der Waals surface area contributed by atoms with Crippen LogP contribution in [-0.4, -0.2) is 49.2 Å². The molecule has 1 fully saturated rings. The summed E-state index contributed by atoms with van der Waals surface area (Å²) in [4.78, 5) is 14.4. The number of rotatable bonds is 5. The van der Waals surface area contributed by atoms with Gasteiger partial charge in [0.05, 0.1) is 7.11 Å². The van der Waals surface area contributed by atoms with Crippen molar-refractivity contribution in [1.29, 1.82) is 0 Å². The second-order valence-corrected chi connectivity index (χ2v) is 5.14. The maximum Gasteiger partial charge on any atom is 0.326 e. The second-order valence-electron chi connectivity index (χ2n) is 5.14. The number of hydrogen-bond donors (Lipinski definition) is 1. The minimum absolute atomic E-state index is 0.123. The van der Waals surface area contributed by atoms with Crippen molar-refractivity contribution in [3.8, 4) is 0 Å². The zero-order chi connectivity index (χ0) is 13.1. The minimum Gasteiger partial charge on any atom is -0.468 e.